The lowest BCUT2D eigenvalue weighted by Gasteiger charge is -2.40. The van der Waals surface area contributed by atoms with Crippen LogP contribution in [0.3, 0.4) is 0 Å². The van der Waals surface area contributed by atoms with Crippen LogP contribution in [0.5, 0.6) is 0 Å². The van der Waals surface area contributed by atoms with Crippen LogP contribution in [0.1, 0.15) is 17.3 Å². The van der Waals surface area contributed by atoms with Gasteiger partial charge in [0.15, 0.2) is 0 Å². The summed E-state index contributed by atoms with van der Waals surface area (Å²) in [6.45, 7) is 0. The number of anilines is 1. The number of amides is 1. The van der Waals surface area contributed by atoms with Crippen LogP contribution in [-0.2, 0) is 15.0 Å². The Morgan fingerprint density at radius 2 is 2.04 bits per heavy atom. The number of thiophene rings is 1. The minimum Gasteiger partial charge on any atom is -0.325 e. The Morgan fingerprint density at radius 3 is 2.65 bits per heavy atom. The first kappa shape index (κ1) is 19.2. The zero-order chi connectivity index (χ0) is 19.1. The molecule has 10 heteroatoms. The van der Waals surface area contributed by atoms with Crippen molar-refractivity contribution >= 4 is 44.7 Å². The Labute approximate surface area is 160 Å². The first-order chi connectivity index (χ1) is 12.2. The average molecular weight is 418 g/mol. The Balaban J connectivity index is 1.87. The van der Waals surface area contributed by atoms with Crippen LogP contribution in [-0.4, -0.2) is 43.1 Å². The number of carbonyl (C=O) groups excluding carboxylic acids is 1. The minimum atomic E-state index is -3.79. The molecule has 1 aliphatic heterocycles. The molecule has 26 heavy (non-hydrogen) atoms. The van der Waals surface area contributed by atoms with Crippen LogP contribution in [0.4, 0.5) is 10.1 Å². The number of carbonyl (C=O) groups is 1. The molecule has 1 aromatic heterocycles. The van der Waals surface area contributed by atoms with Crippen molar-refractivity contribution in [1.82, 2.24) is 8.61 Å². The smallest absolute Gasteiger partial charge is 0.282 e. The molecule has 3 rings (SSSR count). The van der Waals surface area contributed by atoms with Gasteiger partial charge in [-0.3, -0.25) is 4.79 Å². The van der Waals surface area contributed by atoms with Gasteiger partial charge in [0.05, 0.1) is 11.1 Å². The average Bonchev–Trinajstić information content (AvgIpc) is 3.11. The van der Waals surface area contributed by atoms with Crippen molar-refractivity contribution in [3.63, 3.8) is 0 Å². The van der Waals surface area contributed by atoms with Crippen molar-refractivity contribution in [3.05, 3.63) is 51.4 Å². The number of benzene rings is 1. The second-order valence-electron chi connectivity index (χ2n) is 5.94. The highest BCUT2D eigenvalue weighted by Gasteiger charge is 2.45. The summed E-state index contributed by atoms with van der Waals surface area (Å²) in [6.07, 6.45) is 0.299. The molecule has 0 saturated carbocycles. The van der Waals surface area contributed by atoms with E-state index in [-0.39, 0.29) is 5.02 Å². The maximum Gasteiger partial charge on any atom is 0.282 e. The van der Waals surface area contributed by atoms with E-state index in [0.29, 0.717) is 12.1 Å². The number of nitrogens with zero attached hydrogens (tertiary/aromatic N) is 2. The van der Waals surface area contributed by atoms with Crippen molar-refractivity contribution in [1.29, 1.82) is 0 Å². The van der Waals surface area contributed by atoms with Gasteiger partial charge in [-0.25, -0.2) is 4.39 Å². The molecule has 1 N–H and O–H groups in total. The van der Waals surface area contributed by atoms with Crippen molar-refractivity contribution in [2.45, 2.75) is 18.5 Å². The highest BCUT2D eigenvalue weighted by molar-refractivity contribution is 7.86. The Morgan fingerprint density at radius 1 is 1.31 bits per heavy atom. The second kappa shape index (κ2) is 7.24. The van der Waals surface area contributed by atoms with Gasteiger partial charge in [0.2, 0.25) is 5.91 Å². The summed E-state index contributed by atoms with van der Waals surface area (Å²) in [5.74, 6) is -1.09. The molecule has 1 fully saturated rings. The largest absolute Gasteiger partial charge is 0.325 e. The van der Waals surface area contributed by atoms with Crippen LogP contribution in [0, 0.1) is 5.82 Å². The van der Waals surface area contributed by atoms with Crippen LogP contribution >= 0.6 is 22.9 Å². The van der Waals surface area contributed by atoms with E-state index in [9.17, 15) is 17.6 Å². The normalized spacial score (nSPS) is 23.7. The quantitative estimate of drug-likeness (QED) is 0.834. The fourth-order valence-electron chi connectivity index (χ4n) is 2.88. The van der Waals surface area contributed by atoms with E-state index >= 15 is 0 Å². The highest BCUT2D eigenvalue weighted by atomic mass is 35.5. The molecule has 140 valence electrons. The van der Waals surface area contributed by atoms with Gasteiger partial charge >= 0.3 is 0 Å². The number of halogens is 2. The van der Waals surface area contributed by atoms with Gasteiger partial charge in [0.1, 0.15) is 11.9 Å². The molecular weight excluding hydrogens is 401 g/mol. The lowest BCUT2D eigenvalue weighted by molar-refractivity contribution is -0.120. The summed E-state index contributed by atoms with van der Waals surface area (Å²) in [7, 11) is -0.913. The van der Waals surface area contributed by atoms with E-state index in [0.717, 1.165) is 15.2 Å². The molecule has 2 atom stereocenters. The lowest BCUT2D eigenvalue weighted by Crippen LogP contribution is -2.56. The van der Waals surface area contributed by atoms with Gasteiger partial charge in [0, 0.05) is 24.7 Å². The molecule has 1 aromatic carbocycles. The van der Waals surface area contributed by atoms with Gasteiger partial charge in [-0.05, 0) is 36.1 Å². The lowest BCUT2D eigenvalue weighted by atomic mass is 10.0. The van der Waals surface area contributed by atoms with Gasteiger partial charge in [-0.2, -0.15) is 17.0 Å². The van der Waals surface area contributed by atoms with Crippen molar-refractivity contribution < 1.29 is 17.6 Å². The molecule has 1 amide bonds. The van der Waals surface area contributed by atoms with Gasteiger partial charge in [-0.1, -0.05) is 17.7 Å². The first-order valence-corrected chi connectivity index (χ1v) is 10.4. The van der Waals surface area contributed by atoms with E-state index in [1.54, 1.807) is 0 Å². The van der Waals surface area contributed by atoms with Crippen LogP contribution in [0.15, 0.2) is 35.7 Å². The number of likely N-dealkylation sites (N-methyl/N-ethyl adjacent to an activating group) is 1. The molecule has 2 heterocycles. The summed E-state index contributed by atoms with van der Waals surface area (Å²) >= 11 is 7.17. The van der Waals surface area contributed by atoms with Crippen molar-refractivity contribution in [2.24, 2.45) is 0 Å². The number of hydrogen-bond acceptors (Lipinski definition) is 4. The molecule has 2 aromatic rings. The molecular formula is C16H17ClFN3O3S2. The van der Waals surface area contributed by atoms with E-state index in [1.807, 2.05) is 17.5 Å². The topological polar surface area (TPSA) is 69.7 Å². The fraction of sp³-hybridized carbons (Fsp3) is 0.312. The summed E-state index contributed by atoms with van der Waals surface area (Å²) < 4.78 is 41.0. The molecule has 0 spiro atoms. The zero-order valence-electron chi connectivity index (χ0n) is 14.0. The van der Waals surface area contributed by atoms with E-state index in [1.165, 1.54) is 41.9 Å². The zero-order valence-corrected chi connectivity index (χ0v) is 16.4. The Kier molecular flexibility index (Phi) is 5.36. The highest BCUT2D eigenvalue weighted by Crippen LogP contribution is 2.37. The maximum atomic E-state index is 13.3. The van der Waals surface area contributed by atoms with E-state index in [4.69, 9.17) is 11.6 Å². The molecule has 0 radical (unpaired) electrons. The number of nitrogens with one attached hydrogen (secondary N) is 1. The third-order valence-corrected chi connectivity index (χ3v) is 7.64. The second-order valence-corrected chi connectivity index (χ2v) is 9.38. The standard InChI is InChI=1S/C16H17ClFN3O3S2/c1-20-13(15-4-3-7-25-15)9-14(21(2)26(20,23)24)16(22)19-10-5-6-12(18)11(17)8-10/h3-8,13-14H,9H2,1-2H3,(H,19,22)/t13-,14+/m1/s1. The number of rotatable bonds is 3. The molecule has 0 aliphatic carbocycles. The predicted molar refractivity (Wildman–Crippen MR) is 100.0 cm³/mol. The van der Waals surface area contributed by atoms with Gasteiger partial charge in [-0.15, -0.1) is 11.3 Å². The molecule has 1 saturated heterocycles. The van der Waals surface area contributed by atoms with Crippen molar-refractivity contribution in [2.75, 3.05) is 19.4 Å². The fourth-order valence-corrected chi connectivity index (χ4v) is 5.44. The minimum absolute atomic E-state index is 0.122. The van der Waals surface area contributed by atoms with Crippen LogP contribution < -0.4 is 5.32 Å². The third-order valence-electron chi connectivity index (χ3n) is 4.41. The molecule has 0 bridgehead atoms. The van der Waals surface area contributed by atoms with E-state index < -0.39 is 34.0 Å². The third kappa shape index (κ3) is 3.49. The summed E-state index contributed by atoms with van der Waals surface area (Å²) in [6, 6.07) is 6.17. The first-order valence-electron chi connectivity index (χ1n) is 7.72. The predicted octanol–water partition coefficient (Wildman–Crippen LogP) is 3.10. The van der Waals surface area contributed by atoms with Gasteiger partial charge in [0.25, 0.3) is 10.2 Å². The van der Waals surface area contributed by atoms with E-state index in [2.05, 4.69) is 5.32 Å². The summed E-state index contributed by atoms with van der Waals surface area (Å²) in [5.41, 5.74) is 0.304. The van der Waals surface area contributed by atoms with Crippen LogP contribution in [0.2, 0.25) is 5.02 Å². The van der Waals surface area contributed by atoms with Gasteiger partial charge < -0.3 is 5.32 Å². The van der Waals surface area contributed by atoms with Crippen LogP contribution in [0.25, 0.3) is 0 Å². The maximum absolute atomic E-state index is 13.3. The van der Waals surface area contributed by atoms with Crippen molar-refractivity contribution in [3.8, 4) is 0 Å². The summed E-state index contributed by atoms with van der Waals surface area (Å²) in [5, 5.41) is 4.36. The monoisotopic (exact) mass is 417 g/mol. The Hall–Kier alpha value is -1.52. The SMILES string of the molecule is CN1[C@@H](c2cccs2)C[C@@H](C(=O)Nc2ccc(F)c(Cl)c2)N(C)S1(=O)=O. The molecule has 6 nitrogen and oxygen atoms in total. The molecule has 0 unspecified atom stereocenters. The molecule has 1 aliphatic rings. The number of hydrogen-bond donors (Lipinski definition) is 1. The summed E-state index contributed by atoms with van der Waals surface area (Å²) in [4.78, 5) is 13.6. The Bertz CT molecular complexity index is 921.